The van der Waals surface area contributed by atoms with Gasteiger partial charge in [-0.3, -0.25) is 9.59 Å². The minimum atomic E-state index is -0.212. The van der Waals surface area contributed by atoms with E-state index in [9.17, 15) is 14.9 Å². The predicted octanol–water partition coefficient (Wildman–Crippen LogP) is 7.14. The minimum Gasteiger partial charge on any atom is -0.425 e. The summed E-state index contributed by atoms with van der Waals surface area (Å²) in [5, 5.41) is 9.30. The van der Waals surface area contributed by atoms with E-state index >= 15 is 0 Å². The molecule has 0 unspecified atom stereocenters. The molecule has 0 aromatic heterocycles. The molecule has 0 bridgehead atoms. The zero-order chi connectivity index (χ0) is 23.5. The maximum Gasteiger partial charge on any atom is 0.314 e. The Bertz CT molecular complexity index is 939. The zero-order valence-electron chi connectivity index (χ0n) is 18.3. The van der Waals surface area contributed by atoms with Crippen LogP contribution in [0.5, 0.6) is 11.5 Å². The Morgan fingerprint density at radius 3 is 1.85 bits per heavy atom. The lowest BCUT2D eigenvalue weighted by atomic mass is 9.83. The fourth-order valence-corrected chi connectivity index (χ4v) is 7.77. The van der Waals surface area contributed by atoms with Crippen molar-refractivity contribution in [2.75, 3.05) is 0 Å². The SMILES string of the molecule is CC1CCC(C(=O)Oc2ccc(OC(=O)C3CCC(I)CC3)c3c2S/C(=C(\S)C#N)S3)CC1. The quantitative estimate of drug-likeness (QED) is 0.0964. The zero-order valence-corrected chi connectivity index (χ0v) is 23.0. The van der Waals surface area contributed by atoms with E-state index in [4.69, 9.17) is 9.47 Å². The Labute approximate surface area is 222 Å². The topological polar surface area (TPSA) is 76.4 Å². The van der Waals surface area contributed by atoms with Gasteiger partial charge >= 0.3 is 11.9 Å². The van der Waals surface area contributed by atoms with Gasteiger partial charge in [-0.2, -0.15) is 5.26 Å². The molecule has 1 aromatic carbocycles. The summed E-state index contributed by atoms with van der Waals surface area (Å²) in [7, 11) is 0. The summed E-state index contributed by atoms with van der Waals surface area (Å²) >= 11 is 9.39. The lowest BCUT2D eigenvalue weighted by Gasteiger charge is -2.25. The summed E-state index contributed by atoms with van der Waals surface area (Å²) in [6, 6.07) is 5.46. The van der Waals surface area contributed by atoms with Gasteiger partial charge in [0.25, 0.3) is 0 Å². The molecule has 0 spiro atoms. The maximum absolute atomic E-state index is 12.8. The molecule has 2 fully saturated rings. The van der Waals surface area contributed by atoms with Gasteiger partial charge in [0.05, 0.1) is 25.9 Å². The van der Waals surface area contributed by atoms with Crippen molar-refractivity contribution in [3.63, 3.8) is 0 Å². The summed E-state index contributed by atoms with van der Waals surface area (Å²) in [5.74, 6) is 0.950. The molecule has 1 heterocycles. The van der Waals surface area contributed by atoms with E-state index in [1.807, 2.05) is 0 Å². The number of allylic oxidation sites excluding steroid dienone is 1. The number of carbonyl (C=O) groups excluding carboxylic acids is 2. The van der Waals surface area contributed by atoms with E-state index in [1.54, 1.807) is 12.1 Å². The molecule has 1 aliphatic heterocycles. The largest absolute Gasteiger partial charge is 0.425 e. The number of nitriles is 1. The molecule has 4 rings (SSSR count). The Hall–Kier alpha value is -0.830. The number of ether oxygens (including phenoxy) is 2. The molecular weight excluding hydrogens is 589 g/mol. The monoisotopic (exact) mass is 615 g/mol. The number of fused-ring (bicyclic) bond motifs is 1. The number of thiol groups is 1. The van der Waals surface area contributed by atoms with Crippen LogP contribution >= 0.6 is 58.7 Å². The summed E-state index contributed by atoms with van der Waals surface area (Å²) in [6.45, 7) is 2.22. The van der Waals surface area contributed by atoms with Crippen molar-refractivity contribution in [1.29, 1.82) is 5.26 Å². The number of hydrogen-bond acceptors (Lipinski definition) is 8. The molecule has 9 heteroatoms. The fraction of sp³-hybridized carbons (Fsp3) is 0.542. The molecule has 33 heavy (non-hydrogen) atoms. The van der Waals surface area contributed by atoms with Gasteiger partial charge < -0.3 is 9.47 Å². The average Bonchev–Trinajstić information content (AvgIpc) is 3.27. The van der Waals surface area contributed by atoms with Gasteiger partial charge in [0.1, 0.15) is 22.5 Å². The first-order chi connectivity index (χ1) is 15.9. The Kier molecular flexibility index (Phi) is 8.63. The van der Waals surface area contributed by atoms with Crippen molar-refractivity contribution in [2.45, 2.75) is 72.0 Å². The Morgan fingerprint density at radius 1 is 0.939 bits per heavy atom. The number of nitrogens with zero attached hydrogens (tertiary/aromatic N) is 1. The van der Waals surface area contributed by atoms with Crippen molar-refractivity contribution in [1.82, 2.24) is 0 Å². The number of halogens is 1. The highest BCUT2D eigenvalue weighted by atomic mass is 127. The van der Waals surface area contributed by atoms with Gasteiger partial charge in [0.15, 0.2) is 0 Å². The van der Waals surface area contributed by atoms with E-state index in [1.165, 1.54) is 23.5 Å². The van der Waals surface area contributed by atoms with Crippen molar-refractivity contribution in [3.8, 4) is 17.6 Å². The van der Waals surface area contributed by atoms with E-state index in [0.29, 0.717) is 35.4 Å². The van der Waals surface area contributed by atoms with E-state index in [0.717, 1.165) is 51.4 Å². The summed E-state index contributed by atoms with van der Waals surface area (Å²) in [6.07, 6.45) is 7.49. The summed E-state index contributed by atoms with van der Waals surface area (Å²) < 4.78 is 13.0. The number of rotatable bonds is 4. The highest BCUT2D eigenvalue weighted by Crippen LogP contribution is 2.59. The third-order valence-corrected chi connectivity index (χ3v) is 11.0. The second-order valence-electron chi connectivity index (χ2n) is 8.92. The highest BCUT2D eigenvalue weighted by Gasteiger charge is 2.33. The summed E-state index contributed by atoms with van der Waals surface area (Å²) in [5.41, 5.74) is 0. The fourth-order valence-electron chi connectivity index (χ4n) is 4.40. The van der Waals surface area contributed by atoms with Gasteiger partial charge in [-0.15, -0.1) is 12.6 Å². The molecule has 0 N–H and O–H groups in total. The van der Waals surface area contributed by atoms with Gasteiger partial charge in [0.2, 0.25) is 0 Å². The van der Waals surface area contributed by atoms with Crippen LogP contribution in [0, 0.1) is 29.1 Å². The molecule has 2 saturated carbocycles. The molecule has 0 atom stereocenters. The van der Waals surface area contributed by atoms with E-state index in [-0.39, 0.29) is 28.7 Å². The van der Waals surface area contributed by atoms with Crippen LogP contribution in [-0.2, 0) is 9.59 Å². The second-order valence-corrected chi connectivity index (χ2v) is 13.4. The smallest absolute Gasteiger partial charge is 0.314 e. The second kappa shape index (κ2) is 11.3. The highest BCUT2D eigenvalue weighted by molar-refractivity contribution is 14.1. The third-order valence-electron chi connectivity index (χ3n) is 6.49. The normalized spacial score (nSPS) is 28.4. The number of benzene rings is 1. The minimum absolute atomic E-state index is 0.0870. The van der Waals surface area contributed by atoms with Crippen LogP contribution in [0.25, 0.3) is 0 Å². The average molecular weight is 616 g/mol. The maximum atomic E-state index is 12.8. The van der Waals surface area contributed by atoms with E-state index < -0.39 is 0 Å². The van der Waals surface area contributed by atoms with Crippen molar-refractivity contribution in [3.05, 3.63) is 21.3 Å². The van der Waals surface area contributed by atoms with Crippen molar-refractivity contribution in [2.24, 2.45) is 17.8 Å². The Morgan fingerprint density at radius 2 is 1.39 bits per heavy atom. The van der Waals surface area contributed by atoms with Crippen molar-refractivity contribution >= 4 is 70.7 Å². The first-order valence-electron chi connectivity index (χ1n) is 11.3. The first kappa shape index (κ1) is 25.3. The van der Waals surface area contributed by atoms with E-state index in [2.05, 4.69) is 48.2 Å². The molecule has 0 saturated heterocycles. The predicted molar refractivity (Wildman–Crippen MR) is 142 cm³/mol. The number of esters is 2. The number of alkyl halides is 1. The summed E-state index contributed by atoms with van der Waals surface area (Å²) in [4.78, 5) is 27.4. The van der Waals surface area contributed by atoms with Gasteiger partial charge in [-0.05, 0) is 69.4 Å². The molecule has 3 aliphatic rings. The molecule has 5 nitrogen and oxygen atoms in total. The lowest BCUT2D eigenvalue weighted by molar-refractivity contribution is -0.141. The third kappa shape index (κ3) is 6.06. The van der Waals surface area contributed by atoms with Gasteiger partial charge in [-0.1, -0.05) is 53.0 Å². The molecular formula is C24H26INO4S3. The molecule has 1 aromatic rings. The van der Waals surface area contributed by atoms with Crippen LogP contribution in [-0.4, -0.2) is 15.9 Å². The number of hydrogen-bond donors (Lipinski definition) is 1. The Balaban J connectivity index is 1.55. The van der Waals surface area contributed by atoms with Crippen molar-refractivity contribution < 1.29 is 19.1 Å². The molecule has 0 radical (unpaired) electrons. The van der Waals surface area contributed by atoms with Crippen LogP contribution in [0.1, 0.15) is 58.3 Å². The van der Waals surface area contributed by atoms with Crippen LogP contribution in [0.4, 0.5) is 0 Å². The van der Waals surface area contributed by atoms with Crippen LogP contribution in [0.3, 0.4) is 0 Å². The first-order valence-corrected chi connectivity index (χ1v) is 14.6. The van der Waals surface area contributed by atoms with Gasteiger partial charge in [0, 0.05) is 3.92 Å². The lowest BCUT2D eigenvalue weighted by Crippen LogP contribution is -2.26. The van der Waals surface area contributed by atoms with Crippen LogP contribution in [0.2, 0.25) is 0 Å². The number of thioether (sulfide) groups is 2. The van der Waals surface area contributed by atoms with Crippen LogP contribution in [0.15, 0.2) is 31.1 Å². The van der Waals surface area contributed by atoms with Crippen LogP contribution < -0.4 is 9.47 Å². The number of carbonyl (C=O) groups is 2. The molecule has 0 amide bonds. The standard InChI is InChI=1S/C24H26INO4S3/c1-13-2-4-14(5-3-13)22(27)29-17-10-11-18(21-20(17)32-24(33-21)19(31)12-26)30-23(28)15-6-8-16(25)9-7-15/h10-11,13-16,31H,2-9H2,1H3/b24-19+. The molecule has 2 aliphatic carbocycles. The molecule has 176 valence electrons. The van der Waals surface area contributed by atoms with Gasteiger partial charge in [-0.25, -0.2) is 0 Å².